The van der Waals surface area contributed by atoms with E-state index in [2.05, 4.69) is 41.2 Å². The van der Waals surface area contributed by atoms with Crippen LogP contribution < -0.4 is 5.32 Å². The van der Waals surface area contributed by atoms with E-state index in [0.29, 0.717) is 22.9 Å². The average molecular weight is 240 g/mol. The first-order chi connectivity index (χ1) is 7.58. The van der Waals surface area contributed by atoms with Gasteiger partial charge < -0.3 is 5.32 Å². The standard InChI is InChI=1S/C10H14ClN5/c1-6(2)7(3)14-9-4-8(11)15-10-12-5-13-16(9)10/h4-7,14H,1-3H3. The molecule has 0 aromatic carbocycles. The maximum atomic E-state index is 5.91. The van der Waals surface area contributed by atoms with Crippen LogP contribution in [0.25, 0.3) is 5.78 Å². The van der Waals surface area contributed by atoms with E-state index in [1.54, 1.807) is 10.6 Å². The Labute approximate surface area is 98.9 Å². The van der Waals surface area contributed by atoms with Crippen LogP contribution in [-0.4, -0.2) is 25.6 Å². The van der Waals surface area contributed by atoms with Gasteiger partial charge in [0.25, 0.3) is 5.78 Å². The summed E-state index contributed by atoms with van der Waals surface area (Å²) in [5.41, 5.74) is 0. The highest BCUT2D eigenvalue weighted by molar-refractivity contribution is 6.29. The van der Waals surface area contributed by atoms with Gasteiger partial charge in [-0.3, -0.25) is 0 Å². The molecule has 2 aromatic rings. The summed E-state index contributed by atoms with van der Waals surface area (Å²) in [6.07, 6.45) is 1.46. The van der Waals surface area contributed by atoms with Crippen molar-refractivity contribution < 1.29 is 0 Å². The van der Waals surface area contributed by atoms with Gasteiger partial charge >= 0.3 is 0 Å². The Hall–Kier alpha value is -1.36. The zero-order valence-corrected chi connectivity index (χ0v) is 10.2. The van der Waals surface area contributed by atoms with Gasteiger partial charge in [0.1, 0.15) is 17.3 Å². The fraction of sp³-hybridized carbons (Fsp3) is 0.500. The Morgan fingerprint density at radius 3 is 2.81 bits per heavy atom. The third-order valence-electron chi connectivity index (χ3n) is 2.60. The lowest BCUT2D eigenvalue weighted by Gasteiger charge is -2.18. The fourth-order valence-corrected chi connectivity index (χ4v) is 1.47. The molecule has 1 unspecified atom stereocenters. The Morgan fingerprint density at radius 2 is 2.12 bits per heavy atom. The van der Waals surface area contributed by atoms with E-state index in [4.69, 9.17) is 11.6 Å². The lowest BCUT2D eigenvalue weighted by atomic mass is 10.1. The highest BCUT2D eigenvalue weighted by Gasteiger charge is 2.11. The number of fused-ring (bicyclic) bond motifs is 1. The van der Waals surface area contributed by atoms with Gasteiger partial charge in [0.05, 0.1) is 0 Å². The highest BCUT2D eigenvalue weighted by atomic mass is 35.5. The predicted molar refractivity (Wildman–Crippen MR) is 63.7 cm³/mol. The largest absolute Gasteiger partial charge is 0.367 e. The van der Waals surface area contributed by atoms with Crippen LogP contribution in [0.3, 0.4) is 0 Å². The van der Waals surface area contributed by atoms with Gasteiger partial charge in [-0.2, -0.15) is 19.6 Å². The van der Waals surface area contributed by atoms with Crippen molar-refractivity contribution in [2.45, 2.75) is 26.8 Å². The molecule has 1 atom stereocenters. The lowest BCUT2D eigenvalue weighted by Crippen LogP contribution is -2.23. The monoisotopic (exact) mass is 239 g/mol. The molecule has 0 saturated carbocycles. The number of hydrogen-bond donors (Lipinski definition) is 1. The second kappa shape index (κ2) is 4.25. The van der Waals surface area contributed by atoms with Crippen molar-refractivity contribution in [3.8, 4) is 0 Å². The Morgan fingerprint density at radius 1 is 1.38 bits per heavy atom. The molecular weight excluding hydrogens is 226 g/mol. The third-order valence-corrected chi connectivity index (χ3v) is 2.79. The van der Waals surface area contributed by atoms with Crippen LogP contribution in [0.15, 0.2) is 12.4 Å². The maximum absolute atomic E-state index is 5.91. The van der Waals surface area contributed by atoms with Crippen molar-refractivity contribution >= 4 is 23.2 Å². The number of nitrogens with one attached hydrogen (secondary N) is 1. The maximum Gasteiger partial charge on any atom is 0.255 e. The lowest BCUT2D eigenvalue weighted by molar-refractivity contribution is 0.556. The molecule has 0 aliphatic rings. The van der Waals surface area contributed by atoms with E-state index in [9.17, 15) is 0 Å². The summed E-state index contributed by atoms with van der Waals surface area (Å²) < 4.78 is 1.64. The molecule has 2 rings (SSSR count). The molecule has 0 radical (unpaired) electrons. The Bertz CT molecular complexity index is 493. The van der Waals surface area contributed by atoms with Crippen molar-refractivity contribution in [3.05, 3.63) is 17.5 Å². The second-order valence-corrected chi connectivity index (χ2v) is 4.50. The molecular formula is C10H14ClN5. The van der Waals surface area contributed by atoms with Crippen molar-refractivity contribution in [2.24, 2.45) is 5.92 Å². The van der Waals surface area contributed by atoms with E-state index < -0.39 is 0 Å². The summed E-state index contributed by atoms with van der Waals surface area (Å²) in [4.78, 5) is 8.07. The van der Waals surface area contributed by atoms with Crippen molar-refractivity contribution in [2.75, 3.05) is 5.32 Å². The first-order valence-electron chi connectivity index (χ1n) is 5.20. The first kappa shape index (κ1) is 11.1. The number of hydrogen-bond acceptors (Lipinski definition) is 4. The topological polar surface area (TPSA) is 55.1 Å². The van der Waals surface area contributed by atoms with Gasteiger partial charge in [-0.15, -0.1) is 0 Å². The molecule has 6 heteroatoms. The number of halogens is 1. The zero-order chi connectivity index (χ0) is 11.7. The zero-order valence-electron chi connectivity index (χ0n) is 9.48. The summed E-state index contributed by atoms with van der Waals surface area (Å²) in [6.45, 7) is 6.42. The van der Waals surface area contributed by atoms with Crippen molar-refractivity contribution in [3.63, 3.8) is 0 Å². The smallest absolute Gasteiger partial charge is 0.255 e. The molecule has 0 aliphatic carbocycles. The number of nitrogens with zero attached hydrogens (tertiary/aromatic N) is 4. The van der Waals surface area contributed by atoms with Gasteiger partial charge in [-0.1, -0.05) is 25.4 Å². The van der Waals surface area contributed by atoms with Gasteiger partial charge in [-0.05, 0) is 12.8 Å². The fourth-order valence-electron chi connectivity index (χ4n) is 1.29. The van der Waals surface area contributed by atoms with E-state index in [0.717, 1.165) is 5.82 Å². The average Bonchev–Trinajstić information content (AvgIpc) is 2.65. The Balaban J connectivity index is 2.39. The SMILES string of the molecule is CC(C)C(C)Nc1cc(Cl)nc2ncnn12. The molecule has 0 saturated heterocycles. The molecule has 0 bridgehead atoms. The molecule has 16 heavy (non-hydrogen) atoms. The quantitative estimate of drug-likeness (QED) is 0.835. The Kier molecular flexibility index (Phi) is 2.96. The highest BCUT2D eigenvalue weighted by Crippen LogP contribution is 2.16. The third kappa shape index (κ3) is 2.09. The van der Waals surface area contributed by atoms with E-state index in [-0.39, 0.29) is 0 Å². The van der Waals surface area contributed by atoms with Crippen LogP contribution in [0.2, 0.25) is 5.15 Å². The minimum atomic E-state index is 0.325. The first-order valence-corrected chi connectivity index (χ1v) is 5.58. The minimum Gasteiger partial charge on any atom is -0.367 e. The van der Waals surface area contributed by atoms with Crippen molar-refractivity contribution in [1.82, 2.24) is 19.6 Å². The van der Waals surface area contributed by atoms with E-state index >= 15 is 0 Å². The molecule has 0 spiro atoms. The number of anilines is 1. The minimum absolute atomic E-state index is 0.325. The normalized spacial score (nSPS) is 13.3. The van der Waals surface area contributed by atoms with Crippen LogP contribution >= 0.6 is 11.6 Å². The molecule has 0 aliphatic heterocycles. The van der Waals surface area contributed by atoms with E-state index in [1.165, 1.54) is 6.33 Å². The molecule has 0 amide bonds. The van der Waals surface area contributed by atoms with Gasteiger partial charge in [0, 0.05) is 12.1 Å². The second-order valence-electron chi connectivity index (χ2n) is 4.11. The predicted octanol–water partition coefficient (Wildman–Crippen LogP) is 2.23. The van der Waals surface area contributed by atoms with Crippen LogP contribution in [0.5, 0.6) is 0 Å². The summed E-state index contributed by atoms with van der Waals surface area (Å²) >= 11 is 5.91. The number of rotatable bonds is 3. The summed E-state index contributed by atoms with van der Waals surface area (Å²) in [6, 6.07) is 2.08. The van der Waals surface area contributed by atoms with Crippen molar-refractivity contribution in [1.29, 1.82) is 0 Å². The molecule has 0 fully saturated rings. The molecule has 2 heterocycles. The molecule has 5 nitrogen and oxygen atoms in total. The van der Waals surface area contributed by atoms with Crippen LogP contribution in [0.1, 0.15) is 20.8 Å². The van der Waals surface area contributed by atoms with Crippen LogP contribution in [-0.2, 0) is 0 Å². The van der Waals surface area contributed by atoms with Gasteiger partial charge in [0.2, 0.25) is 0 Å². The van der Waals surface area contributed by atoms with Crippen LogP contribution in [0.4, 0.5) is 5.82 Å². The molecule has 1 N–H and O–H groups in total. The summed E-state index contributed by atoms with van der Waals surface area (Å²) in [7, 11) is 0. The molecule has 86 valence electrons. The van der Waals surface area contributed by atoms with Crippen LogP contribution in [0, 0.1) is 5.92 Å². The summed E-state index contributed by atoms with van der Waals surface area (Å²) in [5.74, 6) is 1.84. The van der Waals surface area contributed by atoms with Gasteiger partial charge in [-0.25, -0.2) is 0 Å². The number of aromatic nitrogens is 4. The van der Waals surface area contributed by atoms with Gasteiger partial charge in [0.15, 0.2) is 0 Å². The van der Waals surface area contributed by atoms with E-state index in [1.807, 2.05) is 0 Å². The summed E-state index contributed by atoms with van der Waals surface area (Å²) in [5, 5.41) is 7.86. The molecule has 2 aromatic heterocycles.